The first-order valence-electron chi connectivity index (χ1n) is 10.8. The normalized spacial score (nSPS) is 13.4. The Hall–Kier alpha value is -2.24. The van der Waals surface area contributed by atoms with Gasteiger partial charge in [-0.3, -0.25) is 0 Å². The highest BCUT2D eigenvalue weighted by molar-refractivity contribution is 7.19. The van der Waals surface area contributed by atoms with Crippen molar-refractivity contribution in [3.8, 4) is 11.1 Å². The first kappa shape index (κ1) is 21.0. The second-order valence-electron chi connectivity index (χ2n) is 8.89. The second kappa shape index (κ2) is 7.78. The van der Waals surface area contributed by atoms with Crippen LogP contribution < -0.4 is 0 Å². The molecule has 0 saturated heterocycles. The molecule has 0 amide bonds. The van der Waals surface area contributed by atoms with E-state index in [4.69, 9.17) is 14.7 Å². The maximum atomic E-state index is 6.43. The first-order chi connectivity index (χ1) is 14.2. The fourth-order valence-corrected chi connectivity index (χ4v) is 5.74. The lowest BCUT2D eigenvalue weighted by molar-refractivity contribution is -0.0530. The molecular weight excluding hydrogens is 390 g/mol. The monoisotopic (exact) mass is 421 g/mol. The highest BCUT2D eigenvalue weighted by atomic mass is 32.1. The summed E-state index contributed by atoms with van der Waals surface area (Å²) in [6.07, 6.45) is 5.88. The maximum absolute atomic E-state index is 6.43. The number of hydrogen-bond acceptors (Lipinski definition) is 4. The third kappa shape index (κ3) is 3.65. The van der Waals surface area contributed by atoms with E-state index in [0.717, 1.165) is 40.0 Å². The number of ether oxygens (including phenoxy) is 1. The van der Waals surface area contributed by atoms with Crippen LogP contribution in [0, 0.1) is 6.92 Å². The van der Waals surface area contributed by atoms with Crippen LogP contribution in [-0.4, -0.2) is 20.6 Å². The lowest BCUT2D eigenvalue weighted by Gasteiger charge is -2.28. The highest BCUT2D eigenvalue weighted by Crippen LogP contribution is 2.44. The number of aryl methyl sites for hydroxylation is 3. The van der Waals surface area contributed by atoms with Gasteiger partial charge in [-0.05, 0) is 65.2 Å². The molecule has 0 saturated carbocycles. The predicted molar refractivity (Wildman–Crippen MR) is 127 cm³/mol. The van der Waals surface area contributed by atoms with Crippen LogP contribution in [0.25, 0.3) is 32.4 Å². The van der Waals surface area contributed by atoms with Crippen molar-refractivity contribution in [1.82, 2.24) is 15.0 Å². The molecule has 4 rings (SSSR count). The average Bonchev–Trinajstić information content (AvgIpc) is 3.28. The van der Waals surface area contributed by atoms with E-state index >= 15 is 0 Å². The number of aromatic nitrogens is 3. The third-order valence-electron chi connectivity index (χ3n) is 5.55. The fraction of sp³-hybridized carbons (Fsp3) is 0.440. The SMILES string of the molecule is CCc1sc2nc(C)c(C(C)OC(C)(C)C)c(-c3cnc4[nH]ccc4c3)c2c1CC. The average molecular weight is 422 g/mol. The van der Waals surface area contributed by atoms with Crippen LogP contribution in [0.3, 0.4) is 0 Å². The molecule has 4 aromatic heterocycles. The van der Waals surface area contributed by atoms with Crippen LogP contribution in [0.1, 0.15) is 69.3 Å². The summed E-state index contributed by atoms with van der Waals surface area (Å²) < 4.78 is 6.43. The molecule has 5 heteroatoms. The molecule has 0 bridgehead atoms. The van der Waals surface area contributed by atoms with Gasteiger partial charge in [0.1, 0.15) is 10.5 Å². The summed E-state index contributed by atoms with van der Waals surface area (Å²) in [5.74, 6) is 0. The minimum Gasteiger partial charge on any atom is -0.368 e. The second-order valence-corrected chi connectivity index (χ2v) is 9.97. The van der Waals surface area contributed by atoms with E-state index in [9.17, 15) is 0 Å². The van der Waals surface area contributed by atoms with Crippen LogP contribution in [0.4, 0.5) is 0 Å². The summed E-state index contributed by atoms with van der Waals surface area (Å²) in [7, 11) is 0. The van der Waals surface area contributed by atoms with Gasteiger partial charge in [0.05, 0.1) is 11.7 Å². The van der Waals surface area contributed by atoms with Crippen molar-refractivity contribution in [3.05, 3.63) is 46.2 Å². The first-order valence-corrected chi connectivity index (χ1v) is 11.6. The fourth-order valence-electron chi connectivity index (χ4n) is 4.49. The van der Waals surface area contributed by atoms with Gasteiger partial charge < -0.3 is 9.72 Å². The Morgan fingerprint density at radius 2 is 1.97 bits per heavy atom. The number of fused-ring (bicyclic) bond motifs is 2. The summed E-state index contributed by atoms with van der Waals surface area (Å²) in [4.78, 5) is 15.5. The van der Waals surface area contributed by atoms with Gasteiger partial charge in [0, 0.05) is 50.4 Å². The van der Waals surface area contributed by atoms with E-state index in [-0.39, 0.29) is 11.7 Å². The van der Waals surface area contributed by atoms with Crippen molar-refractivity contribution in [1.29, 1.82) is 0 Å². The predicted octanol–water partition coefficient (Wildman–Crippen LogP) is 7.15. The molecular formula is C25H31N3OS. The van der Waals surface area contributed by atoms with Crippen LogP contribution in [0.2, 0.25) is 0 Å². The van der Waals surface area contributed by atoms with Gasteiger partial charge in [-0.15, -0.1) is 11.3 Å². The standard InChI is InChI=1S/C25H31N3OS/c1-8-18-19(9-2)30-24-22(18)21(17-12-16-10-11-26-23(16)27-13-17)20(14(3)28-24)15(4)29-25(5,6)7/h10-13,15H,8-9H2,1-7H3,(H,26,27). The van der Waals surface area contributed by atoms with E-state index in [0.29, 0.717) is 0 Å². The summed E-state index contributed by atoms with van der Waals surface area (Å²) in [5.41, 5.74) is 6.66. The minimum absolute atomic E-state index is 0.0755. The molecule has 4 aromatic rings. The quantitative estimate of drug-likeness (QED) is 0.372. The van der Waals surface area contributed by atoms with Crippen molar-refractivity contribution >= 4 is 32.6 Å². The molecule has 0 radical (unpaired) electrons. The Balaban J connectivity index is 2.08. The topological polar surface area (TPSA) is 50.8 Å². The number of hydrogen-bond donors (Lipinski definition) is 1. The molecule has 4 heterocycles. The van der Waals surface area contributed by atoms with Gasteiger partial charge >= 0.3 is 0 Å². The van der Waals surface area contributed by atoms with Crippen molar-refractivity contribution in [2.24, 2.45) is 0 Å². The van der Waals surface area contributed by atoms with Crippen LogP contribution in [0.5, 0.6) is 0 Å². The third-order valence-corrected chi connectivity index (χ3v) is 6.82. The minimum atomic E-state index is -0.238. The van der Waals surface area contributed by atoms with E-state index in [2.05, 4.69) is 65.6 Å². The maximum Gasteiger partial charge on any atom is 0.137 e. The summed E-state index contributed by atoms with van der Waals surface area (Å²) in [5, 5.41) is 2.40. The van der Waals surface area contributed by atoms with Crippen molar-refractivity contribution in [3.63, 3.8) is 0 Å². The zero-order valence-electron chi connectivity index (χ0n) is 19.0. The molecule has 0 fully saturated rings. The van der Waals surface area contributed by atoms with Crippen LogP contribution in [-0.2, 0) is 17.6 Å². The lowest BCUT2D eigenvalue weighted by Crippen LogP contribution is -2.22. The molecule has 0 spiro atoms. The lowest BCUT2D eigenvalue weighted by atomic mass is 9.91. The van der Waals surface area contributed by atoms with Gasteiger partial charge in [-0.2, -0.15) is 0 Å². The largest absolute Gasteiger partial charge is 0.368 e. The molecule has 0 aliphatic carbocycles. The molecule has 1 unspecified atom stereocenters. The van der Waals surface area contributed by atoms with Gasteiger partial charge in [0.2, 0.25) is 0 Å². The molecule has 1 N–H and O–H groups in total. The Morgan fingerprint density at radius 3 is 2.63 bits per heavy atom. The van der Waals surface area contributed by atoms with Crippen molar-refractivity contribution in [2.75, 3.05) is 0 Å². The number of aromatic amines is 1. The zero-order chi connectivity index (χ0) is 21.6. The number of nitrogens with one attached hydrogen (secondary N) is 1. The molecule has 1 atom stereocenters. The highest BCUT2D eigenvalue weighted by Gasteiger charge is 2.26. The molecule has 0 aliphatic rings. The Morgan fingerprint density at radius 1 is 1.20 bits per heavy atom. The van der Waals surface area contributed by atoms with Crippen molar-refractivity contribution in [2.45, 2.75) is 73.0 Å². The van der Waals surface area contributed by atoms with E-state index in [1.165, 1.54) is 27.0 Å². The molecule has 0 aromatic carbocycles. The van der Waals surface area contributed by atoms with Gasteiger partial charge in [-0.25, -0.2) is 9.97 Å². The molecule has 30 heavy (non-hydrogen) atoms. The zero-order valence-corrected chi connectivity index (χ0v) is 19.8. The van der Waals surface area contributed by atoms with Gasteiger partial charge in [0.25, 0.3) is 0 Å². The molecule has 158 valence electrons. The number of H-pyrrole nitrogens is 1. The number of thiophene rings is 1. The van der Waals surface area contributed by atoms with Gasteiger partial charge in [0.15, 0.2) is 0 Å². The van der Waals surface area contributed by atoms with Crippen LogP contribution >= 0.6 is 11.3 Å². The van der Waals surface area contributed by atoms with Crippen LogP contribution in [0.15, 0.2) is 24.5 Å². The smallest absolute Gasteiger partial charge is 0.137 e. The molecule has 4 nitrogen and oxygen atoms in total. The number of rotatable bonds is 5. The van der Waals surface area contributed by atoms with Gasteiger partial charge in [-0.1, -0.05) is 13.8 Å². The Kier molecular flexibility index (Phi) is 5.45. The molecule has 0 aliphatic heterocycles. The number of pyridine rings is 2. The summed E-state index contributed by atoms with van der Waals surface area (Å²) in [6, 6.07) is 4.32. The number of nitrogens with zero attached hydrogens (tertiary/aromatic N) is 2. The Bertz CT molecular complexity index is 1210. The van der Waals surface area contributed by atoms with E-state index in [1.54, 1.807) is 0 Å². The Labute approximate surface area is 182 Å². The van der Waals surface area contributed by atoms with E-state index < -0.39 is 0 Å². The summed E-state index contributed by atoms with van der Waals surface area (Å²) >= 11 is 1.83. The van der Waals surface area contributed by atoms with E-state index in [1.807, 2.05) is 23.7 Å². The van der Waals surface area contributed by atoms with Crippen molar-refractivity contribution < 1.29 is 4.74 Å². The summed E-state index contributed by atoms with van der Waals surface area (Å²) in [6.45, 7) is 15.0.